The maximum atomic E-state index is 11.5. The highest BCUT2D eigenvalue weighted by Gasteiger charge is 2.15. The fourth-order valence-electron chi connectivity index (χ4n) is 1.86. The van der Waals surface area contributed by atoms with Crippen molar-refractivity contribution in [2.24, 2.45) is 5.92 Å². The molecule has 96 valence electrons. The summed E-state index contributed by atoms with van der Waals surface area (Å²) in [6.07, 6.45) is 4.73. The van der Waals surface area contributed by atoms with Crippen LogP contribution in [0, 0.1) is 5.92 Å². The highest BCUT2D eigenvalue weighted by Crippen LogP contribution is 2.17. The Bertz CT molecular complexity index is 271. The van der Waals surface area contributed by atoms with Crippen LogP contribution in [0.2, 0.25) is 0 Å². The molecule has 1 heterocycles. The summed E-state index contributed by atoms with van der Waals surface area (Å²) >= 11 is 0. The molecule has 1 saturated heterocycles. The van der Waals surface area contributed by atoms with Gasteiger partial charge in [-0.1, -0.05) is 13.3 Å². The minimum atomic E-state index is -3.03. The predicted octanol–water partition coefficient (Wildman–Crippen LogP) is 1.52. The van der Waals surface area contributed by atoms with Crippen molar-refractivity contribution in [1.29, 1.82) is 0 Å². The highest BCUT2D eigenvalue weighted by atomic mass is 32.2. The zero-order valence-corrected chi connectivity index (χ0v) is 10.9. The van der Waals surface area contributed by atoms with Crippen LogP contribution in [0.15, 0.2) is 0 Å². The van der Waals surface area contributed by atoms with Crippen LogP contribution in [0.4, 0.5) is 0 Å². The Morgan fingerprint density at radius 3 is 2.62 bits per heavy atom. The molecule has 0 aromatic heterocycles. The molecule has 0 aromatic rings. The van der Waals surface area contributed by atoms with Crippen molar-refractivity contribution in [1.82, 2.24) is 4.72 Å². The van der Waals surface area contributed by atoms with Crippen molar-refractivity contribution in [3.8, 4) is 0 Å². The second-order valence-electron chi connectivity index (χ2n) is 4.41. The Morgan fingerprint density at radius 1 is 1.31 bits per heavy atom. The Morgan fingerprint density at radius 2 is 2.00 bits per heavy atom. The average Bonchev–Trinajstić information content (AvgIpc) is 2.28. The third-order valence-electron chi connectivity index (χ3n) is 2.98. The number of hydrogen-bond donors (Lipinski definition) is 1. The molecule has 1 fully saturated rings. The van der Waals surface area contributed by atoms with E-state index in [1.165, 1.54) is 0 Å². The van der Waals surface area contributed by atoms with Gasteiger partial charge in [0.15, 0.2) is 0 Å². The summed E-state index contributed by atoms with van der Waals surface area (Å²) in [5.74, 6) is 0.889. The molecule has 0 bridgehead atoms. The first-order valence-electron chi connectivity index (χ1n) is 6.19. The van der Waals surface area contributed by atoms with Crippen molar-refractivity contribution in [2.75, 3.05) is 25.5 Å². The lowest BCUT2D eigenvalue weighted by Crippen LogP contribution is -2.29. The molecule has 5 heteroatoms. The summed E-state index contributed by atoms with van der Waals surface area (Å²) in [5.41, 5.74) is 0. The Kier molecular flexibility index (Phi) is 6.31. The summed E-state index contributed by atoms with van der Waals surface area (Å²) in [5, 5.41) is 0. The molecule has 0 saturated carbocycles. The molecule has 0 aromatic carbocycles. The van der Waals surface area contributed by atoms with Crippen molar-refractivity contribution in [3.63, 3.8) is 0 Å². The maximum absolute atomic E-state index is 11.5. The van der Waals surface area contributed by atoms with Gasteiger partial charge in [-0.3, -0.25) is 0 Å². The first-order valence-corrected chi connectivity index (χ1v) is 7.84. The molecule has 0 aliphatic carbocycles. The summed E-state index contributed by atoms with van der Waals surface area (Å²) in [6.45, 7) is 4.23. The Hall–Kier alpha value is -0.130. The van der Waals surface area contributed by atoms with Crippen LogP contribution < -0.4 is 4.72 Å². The lowest BCUT2D eigenvalue weighted by Gasteiger charge is -2.21. The first kappa shape index (κ1) is 13.9. The van der Waals surface area contributed by atoms with Gasteiger partial charge in [0.25, 0.3) is 0 Å². The highest BCUT2D eigenvalue weighted by molar-refractivity contribution is 7.89. The number of hydrogen-bond acceptors (Lipinski definition) is 3. The molecule has 1 N–H and O–H groups in total. The van der Waals surface area contributed by atoms with Gasteiger partial charge in [0.1, 0.15) is 0 Å². The maximum Gasteiger partial charge on any atom is 0.211 e. The van der Waals surface area contributed by atoms with Crippen LogP contribution in [0.5, 0.6) is 0 Å². The number of unbranched alkanes of at least 4 members (excludes halogenated alkanes) is 1. The summed E-state index contributed by atoms with van der Waals surface area (Å²) in [4.78, 5) is 0. The van der Waals surface area contributed by atoms with Gasteiger partial charge >= 0.3 is 0 Å². The van der Waals surface area contributed by atoms with Crippen molar-refractivity contribution >= 4 is 10.0 Å². The minimum Gasteiger partial charge on any atom is -0.381 e. The SMILES string of the molecule is CCCCS(=O)(=O)NCCC1CCOCC1. The molecule has 1 rings (SSSR count). The average molecular weight is 249 g/mol. The van der Waals surface area contributed by atoms with Gasteiger partial charge in [-0.25, -0.2) is 13.1 Å². The Labute approximate surface area is 98.8 Å². The lowest BCUT2D eigenvalue weighted by atomic mass is 9.97. The van der Waals surface area contributed by atoms with Gasteiger partial charge in [-0.15, -0.1) is 0 Å². The van der Waals surface area contributed by atoms with Crippen LogP contribution >= 0.6 is 0 Å². The van der Waals surface area contributed by atoms with Gasteiger partial charge in [0.2, 0.25) is 10.0 Å². The van der Waals surface area contributed by atoms with Crippen LogP contribution in [-0.4, -0.2) is 33.9 Å². The molecule has 1 aliphatic heterocycles. The van der Waals surface area contributed by atoms with Crippen LogP contribution in [0.1, 0.15) is 39.0 Å². The molecule has 0 spiro atoms. The molecular weight excluding hydrogens is 226 g/mol. The van der Waals surface area contributed by atoms with Gasteiger partial charge in [-0.05, 0) is 31.6 Å². The largest absolute Gasteiger partial charge is 0.381 e. The summed E-state index contributed by atoms with van der Waals surface area (Å²) < 4.78 is 30.9. The first-order chi connectivity index (χ1) is 7.64. The number of rotatable bonds is 7. The molecule has 0 amide bonds. The molecule has 1 aliphatic rings. The van der Waals surface area contributed by atoms with E-state index in [2.05, 4.69) is 4.72 Å². The van der Waals surface area contributed by atoms with E-state index in [4.69, 9.17) is 4.74 Å². The number of nitrogens with one attached hydrogen (secondary N) is 1. The Balaban J connectivity index is 2.13. The van der Waals surface area contributed by atoms with Gasteiger partial charge in [0, 0.05) is 19.8 Å². The van der Waals surface area contributed by atoms with E-state index in [0.717, 1.165) is 45.3 Å². The third kappa shape index (κ3) is 5.82. The molecule has 16 heavy (non-hydrogen) atoms. The fourth-order valence-corrected chi connectivity index (χ4v) is 3.10. The molecule has 0 atom stereocenters. The van der Waals surface area contributed by atoms with Crippen molar-refractivity contribution in [3.05, 3.63) is 0 Å². The predicted molar refractivity (Wildman–Crippen MR) is 64.9 cm³/mol. The van der Waals surface area contributed by atoms with E-state index in [1.807, 2.05) is 6.92 Å². The molecular formula is C11H23NO3S. The van der Waals surface area contributed by atoms with Crippen molar-refractivity contribution < 1.29 is 13.2 Å². The lowest BCUT2D eigenvalue weighted by molar-refractivity contribution is 0.0644. The standard InChI is InChI=1S/C11H23NO3S/c1-2-3-10-16(13,14)12-7-4-11-5-8-15-9-6-11/h11-12H,2-10H2,1H3. The molecule has 0 radical (unpaired) electrons. The van der Waals surface area contributed by atoms with Gasteiger partial charge < -0.3 is 4.74 Å². The van der Waals surface area contributed by atoms with Crippen molar-refractivity contribution in [2.45, 2.75) is 39.0 Å². The third-order valence-corrected chi connectivity index (χ3v) is 4.45. The normalized spacial score (nSPS) is 18.8. The van der Waals surface area contributed by atoms with Gasteiger partial charge in [-0.2, -0.15) is 0 Å². The van der Waals surface area contributed by atoms with E-state index < -0.39 is 10.0 Å². The topological polar surface area (TPSA) is 55.4 Å². The summed E-state index contributed by atoms with van der Waals surface area (Å²) in [7, 11) is -3.03. The zero-order chi connectivity index (χ0) is 11.9. The van der Waals surface area contributed by atoms with E-state index in [-0.39, 0.29) is 5.75 Å². The zero-order valence-electron chi connectivity index (χ0n) is 10.1. The van der Waals surface area contributed by atoms with E-state index in [1.54, 1.807) is 0 Å². The second kappa shape index (κ2) is 7.25. The monoisotopic (exact) mass is 249 g/mol. The van der Waals surface area contributed by atoms with Crippen LogP contribution in [0.3, 0.4) is 0 Å². The van der Waals surface area contributed by atoms with E-state index in [0.29, 0.717) is 12.5 Å². The van der Waals surface area contributed by atoms with Gasteiger partial charge in [0.05, 0.1) is 5.75 Å². The van der Waals surface area contributed by atoms with Crippen LogP contribution in [-0.2, 0) is 14.8 Å². The molecule has 0 unspecified atom stereocenters. The van der Waals surface area contributed by atoms with E-state index in [9.17, 15) is 8.42 Å². The van der Waals surface area contributed by atoms with Crippen LogP contribution in [0.25, 0.3) is 0 Å². The quantitative estimate of drug-likeness (QED) is 0.744. The second-order valence-corrected chi connectivity index (χ2v) is 6.34. The fraction of sp³-hybridized carbons (Fsp3) is 1.00. The number of ether oxygens (including phenoxy) is 1. The smallest absolute Gasteiger partial charge is 0.211 e. The number of sulfonamides is 1. The summed E-state index contributed by atoms with van der Waals surface area (Å²) in [6, 6.07) is 0. The minimum absolute atomic E-state index is 0.261. The molecule has 4 nitrogen and oxygen atoms in total. The van der Waals surface area contributed by atoms with E-state index >= 15 is 0 Å².